The van der Waals surface area contributed by atoms with Crippen molar-refractivity contribution in [3.63, 3.8) is 0 Å². The van der Waals surface area contributed by atoms with Gasteiger partial charge >= 0.3 is 24.2 Å². The average Bonchev–Trinajstić information content (AvgIpc) is 2.24. The lowest BCUT2D eigenvalue weighted by molar-refractivity contribution is -0.173. The number of amides is 2. The predicted molar refractivity (Wildman–Crippen MR) is 49.3 cm³/mol. The van der Waals surface area contributed by atoms with E-state index < -0.39 is 37.5 Å². The van der Waals surface area contributed by atoms with Crippen LogP contribution in [0.1, 0.15) is 0 Å². The molecule has 0 saturated carbocycles. The van der Waals surface area contributed by atoms with Gasteiger partial charge in [0.15, 0.2) is 0 Å². The topological polar surface area (TPSA) is 82.3 Å². The SMILES string of the molecule is O=C(NCNCNCNC(=O)C(F)(F)F)C(F)(F)F. The Morgan fingerprint density at radius 2 is 1.00 bits per heavy atom. The van der Waals surface area contributed by atoms with Crippen LogP contribution < -0.4 is 21.3 Å². The molecule has 0 heterocycles. The first kappa shape index (κ1) is 17.4. The minimum absolute atomic E-state index is 0.226. The fourth-order valence-corrected chi connectivity index (χ4v) is 0.699. The molecule has 12 heteroatoms. The summed E-state index contributed by atoms with van der Waals surface area (Å²) in [7, 11) is 0. The Hall–Kier alpha value is -1.56. The van der Waals surface area contributed by atoms with Gasteiger partial charge in [-0.1, -0.05) is 0 Å². The lowest BCUT2D eigenvalue weighted by Gasteiger charge is -2.11. The summed E-state index contributed by atoms with van der Waals surface area (Å²) in [6.45, 7) is -1.31. The van der Waals surface area contributed by atoms with Gasteiger partial charge in [0.2, 0.25) is 0 Å². The molecule has 0 unspecified atom stereocenters. The van der Waals surface area contributed by atoms with Crippen molar-refractivity contribution in [3.8, 4) is 0 Å². The third kappa shape index (κ3) is 8.20. The number of hydrogen-bond donors (Lipinski definition) is 4. The summed E-state index contributed by atoms with van der Waals surface area (Å²) in [5.74, 6) is -4.30. The zero-order valence-corrected chi connectivity index (χ0v) is 9.21. The quantitative estimate of drug-likeness (QED) is 0.299. The maximum absolute atomic E-state index is 11.7. The van der Waals surface area contributed by atoms with Gasteiger partial charge < -0.3 is 10.6 Å². The molecule has 0 radical (unpaired) electrons. The number of alkyl halides is 6. The molecule has 112 valence electrons. The number of nitrogens with one attached hydrogen (secondary N) is 4. The molecule has 0 aliphatic carbocycles. The number of carbonyl (C=O) groups excluding carboxylic acids is 2. The highest BCUT2D eigenvalue weighted by Crippen LogP contribution is 2.14. The van der Waals surface area contributed by atoms with Crippen molar-refractivity contribution in [2.24, 2.45) is 0 Å². The van der Waals surface area contributed by atoms with Crippen LogP contribution in [-0.4, -0.2) is 44.2 Å². The first-order chi connectivity index (χ1) is 8.55. The molecule has 0 aromatic carbocycles. The first-order valence-corrected chi connectivity index (χ1v) is 4.66. The summed E-state index contributed by atoms with van der Waals surface area (Å²) in [4.78, 5) is 20.5. The molecule has 0 rings (SSSR count). The minimum atomic E-state index is -5.00. The minimum Gasteiger partial charge on any atom is -0.336 e. The van der Waals surface area contributed by atoms with Crippen LogP contribution in [0.4, 0.5) is 26.3 Å². The normalized spacial score (nSPS) is 12.1. The van der Waals surface area contributed by atoms with Crippen molar-refractivity contribution in [1.29, 1.82) is 0 Å². The molecule has 0 bridgehead atoms. The second kappa shape index (κ2) is 7.13. The maximum atomic E-state index is 11.7. The molecule has 0 aromatic rings. The Morgan fingerprint density at radius 1 is 0.684 bits per heavy atom. The van der Waals surface area contributed by atoms with Gasteiger partial charge in [0, 0.05) is 6.67 Å². The van der Waals surface area contributed by atoms with Gasteiger partial charge in [-0.15, -0.1) is 0 Å². The number of hydrogen-bond acceptors (Lipinski definition) is 4. The van der Waals surface area contributed by atoms with Gasteiger partial charge in [-0.2, -0.15) is 26.3 Å². The molecule has 2 amide bonds. The number of rotatable bonds is 6. The van der Waals surface area contributed by atoms with E-state index in [0.29, 0.717) is 0 Å². The van der Waals surface area contributed by atoms with Crippen LogP contribution in [0.2, 0.25) is 0 Å². The largest absolute Gasteiger partial charge is 0.471 e. The summed E-state index contributed by atoms with van der Waals surface area (Å²) in [6.07, 6.45) is -10.0. The van der Waals surface area contributed by atoms with Crippen molar-refractivity contribution in [2.75, 3.05) is 20.0 Å². The van der Waals surface area contributed by atoms with Crippen molar-refractivity contribution in [1.82, 2.24) is 21.3 Å². The van der Waals surface area contributed by atoms with E-state index in [9.17, 15) is 35.9 Å². The van der Waals surface area contributed by atoms with E-state index in [2.05, 4.69) is 10.6 Å². The zero-order valence-electron chi connectivity index (χ0n) is 9.21. The van der Waals surface area contributed by atoms with Crippen molar-refractivity contribution in [2.45, 2.75) is 12.4 Å². The van der Waals surface area contributed by atoms with Gasteiger partial charge in [-0.25, -0.2) is 0 Å². The van der Waals surface area contributed by atoms with Crippen LogP contribution in [0.5, 0.6) is 0 Å². The first-order valence-electron chi connectivity index (χ1n) is 4.66. The standard InChI is InChI=1S/C7H10F6N4O2/c8-6(9,10)4(18)16-2-14-1-15-3-17-5(19)7(11,12)13/h14-15H,1-3H2,(H,16,18)(H,17,19). The van der Waals surface area contributed by atoms with Crippen LogP contribution in [0.25, 0.3) is 0 Å². The third-order valence-corrected chi connectivity index (χ3v) is 1.51. The van der Waals surface area contributed by atoms with Crippen LogP contribution in [0.15, 0.2) is 0 Å². The van der Waals surface area contributed by atoms with Gasteiger partial charge in [-0.05, 0) is 0 Å². The van der Waals surface area contributed by atoms with Gasteiger partial charge in [0.25, 0.3) is 0 Å². The molecule has 0 aromatic heterocycles. The molecule has 4 N–H and O–H groups in total. The highest BCUT2D eigenvalue weighted by atomic mass is 19.4. The van der Waals surface area contributed by atoms with Gasteiger partial charge in [-0.3, -0.25) is 20.2 Å². The van der Waals surface area contributed by atoms with Crippen molar-refractivity contribution < 1.29 is 35.9 Å². The molecule has 0 fully saturated rings. The third-order valence-electron chi connectivity index (χ3n) is 1.51. The molecule has 6 nitrogen and oxygen atoms in total. The summed E-state index contributed by atoms with van der Waals surface area (Å²) < 4.78 is 70.0. The lowest BCUT2D eigenvalue weighted by Crippen LogP contribution is -2.47. The highest BCUT2D eigenvalue weighted by molar-refractivity contribution is 5.81. The van der Waals surface area contributed by atoms with Crippen LogP contribution in [0.3, 0.4) is 0 Å². The Kier molecular flexibility index (Phi) is 6.55. The smallest absolute Gasteiger partial charge is 0.336 e. The summed E-state index contributed by atoms with van der Waals surface area (Å²) in [5, 5.41) is 7.38. The summed E-state index contributed by atoms with van der Waals surface area (Å²) >= 11 is 0. The van der Waals surface area contributed by atoms with E-state index in [4.69, 9.17) is 0 Å². The highest BCUT2D eigenvalue weighted by Gasteiger charge is 2.38. The average molecular weight is 296 g/mol. The molecular weight excluding hydrogens is 286 g/mol. The van der Waals surface area contributed by atoms with E-state index in [-0.39, 0.29) is 6.67 Å². The van der Waals surface area contributed by atoms with E-state index in [1.54, 1.807) is 0 Å². The Balaban J connectivity index is 3.53. The Morgan fingerprint density at radius 3 is 1.26 bits per heavy atom. The molecule has 0 aliphatic rings. The van der Waals surface area contributed by atoms with Crippen LogP contribution in [0, 0.1) is 0 Å². The van der Waals surface area contributed by atoms with Crippen LogP contribution in [-0.2, 0) is 9.59 Å². The summed E-state index contributed by atoms with van der Waals surface area (Å²) in [6, 6.07) is 0. The van der Waals surface area contributed by atoms with Crippen molar-refractivity contribution >= 4 is 11.8 Å². The summed E-state index contributed by atoms with van der Waals surface area (Å²) in [5.41, 5.74) is 0. The Bertz CT molecular complexity index is 286. The molecular formula is C7H10F6N4O2. The van der Waals surface area contributed by atoms with E-state index in [0.717, 1.165) is 0 Å². The van der Waals surface area contributed by atoms with Gasteiger partial charge in [0.05, 0.1) is 13.3 Å². The molecule has 19 heavy (non-hydrogen) atoms. The van der Waals surface area contributed by atoms with E-state index >= 15 is 0 Å². The van der Waals surface area contributed by atoms with Gasteiger partial charge in [0.1, 0.15) is 0 Å². The maximum Gasteiger partial charge on any atom is 0.471 e. The molecule has 0 saturated heterocycles. The molecule has 0 atom stereocenters. The van der Waals surface area contributed by atoms with E-state index in [1.165, 1.54) is 10.6 Å². The Labute approximate surface area is 102 Å². The monoisotopic (exact) mass is 296 g/mol. The second-order valence-electron chi connectivity index (χ2n) is 3.04. The van der Waals surface area contributed by atoms with E-state index in [1.807, 2.05) is 0 Å². The van der Waals surface area contributed by atoms with Crippen LogP contribution >= 0.6 is 0 Å². The lowest BCUT2D eigenvalue weighted by atomic mass is 10.6. The number of halogens is 6. The molecule has 0 aliphatic heterocycles. The fourth-order valence-electron chi connectivity index (χ4n) is 0.699. The zero-order chi connectivity index (χ0) is 15.1. The molecule has 0 spiro atoms. The fraction of sp³-hybridized carbons (Fsp3) is 0.714. The predicted octanol–water partition coefficient (Wildman–Crippen LogP) is -0.605. The number of carbonyl (C=O) groups is 2. The second-order valence-corrected chi connectivity index (χ2v) is 3.04. The van der Waals surface area contributed by atoms with Crippen molar-refractivity contribution in [3.05, 3.63) is 0 Å².